The molecular formula is C13H17NO. The van der Waals surface area contributed by atoms with E-state index in [1.54, 1.807) is 0 Å². The van der Waals surface area contributed by atoms with E-state index in [0.717, 1.165) is 5.56 Å². The molecule has 0 heterocycles. The van der Waals surface area contributed by atoms with Gasteiger partial charge in [-0.1, -0.05) is 30.0 Å². The molecule has 0 saturated heterocycles. The highest BCUT2D eigenvalue weighted by molar-refractivity contribution is 5.33. The summed E-state index contributed by atoms with van der Waals surface area (Å²) in [6, 6.07) is 9.85. The van der Waals surface area contributed by atoms with E-state index in [0.29, 0.717) is 13.2 Å². The third-order valence-corrected chi connectivity index (χ3v) is 1.65. The quantitative estimate of drug-likeness (QED) is 0.600. The maximum Gasteiger partial charge on any atom is 0.108 e. The molecule has 0 unspecified atom stereocenters. The monoisotopic (exact) mass is 203 g/mol. The highest BCUT2D eigenvalue weighted by atomic mass is 16.5. The highest BCUT2D eigenvalue weighted by Gasteiger charge is 2.09. The van der Waals surface area contributed by atoms with Gasteiger partial charge in [-0.2, -0.15) is 0 Å². The summed E-state index contributed by atoms with van der Waals surface area (Å²) >= 11 is 0. The molecule has 1 rings (SSSR count). The van der Waals surface area contributed by atoms with Crippen LogP contribution in [0.15, 0.2) is 30.3 Å². The van der Waals surface area contributed by atoms with Gasteiger partial charge in [0, 0.05) is 11.1 Å². The van der Waals surface area contributed by atoms with Gasteiger partial charge >= 0.3 is 0 Å². The third-order valence-electron chi connectivity index (χ3n) is 1.65. The molecule has 1 aromatic carbocycles. The predicted molar refractivity (Wildman–Crippen MR) is 62.4 cm³/mol. The van der Waals surface area contributed by atoms with E-state index < -0.39 is 0 Å². The predicted octanol–water partition coefficient (Wildman–Crippen LogP) is 1.79. The largest absolute Gasteiger partial charge is 0.367 e. The smallest absolute Gasteiger partial charge is 0.108 e. The van der Waals surface area contributed by atoms with Gasteiger partial charge in [0.15, 0.2) is 0 Å². The molecule has 0 spiro atoms. The Bertz CT molecular complexity index is 340. The molecule has 0 fully saturated rings. The normalized spacial score (nSPS) is 10.6. The number of nitrogens with two attached hydrogens (primary N) is 1. The van der Waals surface area contributed by atoms with E-state index in [1.807, 2.05) is 44.2 Å². The Labute approximate surface area is 91.4 Å². The molecule has 2 nitrogen and oxygen atoms in total. The number of rotatable bonds is 3. The van der Waals surface area contributed by atoms with Crippen LogP contribution in [0.2, 0.25) is 0 Å². The topological polar surface area (TPSA) is 35.2 Å². The molecule has 0 radical (unpaired) electrons. The van der Waals surface area contributed by atoms with Gasteiger partial charge in [0.25, 0.3) is 0 Å². The summed E-state index contributed by atoms with van der Waals surface area (Å²) < 4.78 is 5.32. The van der Waals surface area contributed by atoms with Crippen molar-refractivity contribution in [2.24, 2.45) is 5.73 Å². The van der Waals surface area contributed by atoms with Crippen molar-refractivity contribution in [2.75, 3.05) is 13.2 Å². The molecule has 0 aromatic heterocycles. The minimum atomic E-state index is -0.283. The zero-order chi connectivity index (χ0) is 11.1. The van der Waals surface area contributed by atoms with Gasteiger partial charge in [-0.15, -0.1) is 0 Å². The summed E-state index contributed by atoms with van der Waals surface area (Å²) in [7, 11) is 0. The number of hydrogen-bond donors (Lipinski definition) is 1. The first kappa shape index (κ1) is 11.8. The summed E-state index contributed by atoms with van der Waals surface area (Å²) in [5.74, 6) is 5.96. The maximum absolute atomic E-state index is 5.76. The second-order valence-electron chi connectivity index (χ2n) is 4.15. The van der Waals surface area contributed by atoms with Crippen molar-refractivity contribution in [3.63, 3.8) is 0 Å². The average Bonchev–Trinajstić information content (AvgIpc) is 2.17. The van der Waals surface area contributed by atoms with Crippen molar-refractivity contribution >= 4 is 0 Å². The molecule has 2 N–H and O–H groups in total. The average molecular weight is 203 g/mol. The molecule has 0 aliphatic rings. The van der Waals surface area contributed by atoms with Crippen LogP contribution in [0.3, 0.4) is 0 Å². The first-order valence-corrected chi connectivity index (χ1v) is 4.98. The molecule has 15 heavy (non-hydrogen) atoms. The van der Waals surface area contributed by atoms with Crippen LogP contribution in [0.1, 0.15) is 19.4 Å². The summed E-state index contributed by atoms with van der Waals surface area (Å²) in [6.45, 7) is 4.81. The van der Waals surface area contributed by atoms with Crippen LogP contribution in [0.5, 0.6) is 0 Å². The van der Waals surface area contributed by atoms with Gasteiger partial charge in [-0.05, 0) is 26.0 Å². The molecule has 80 valence electrons. The lowest BCUT2D eigenvalue weighted by Crippen LogP contribution is -2.37. The van der Waals surface area contributed by atoms with Crippen LogP contribution in [0.25, 0.3) is 0 Å². The van der Waals surface area contributed by atoms with Gasteiger partial charge in [-0.25, -0.2) is 0 Å². The Morgan fingerprint density at radius 2 is 1.93 bits per heavy atom. The van der Waals surface area contributed by atoms with E-state index in [4.69, 9.17) is 10.5 Å². The van der Waals surface area contributed by atoms with Crippen LogP contribution >= 0.6 is 0 Å². The Kier molecular flexibility index (Phi) is 4.36. The summed E-state index contributed by atoms with van der Waals surface area (Å²) in [4.78, 5) is 0. The second kappa shape index (κ2) is 5.55. The lowest BCUT2D eigenvalue weighted by Gasteiger charge is -2.16. The fourth-order valence-corrected chi connectivity index (χ4v) is 1.02. The Morgan fingerprint density at radius 1 is 1.27 bits per heavy atom. The molecule has 0 saturated carbocycles. The maximum atomic E-state index is 5.76. The van der Waals surface area contributed by atoms with Gasteiger partial charge in [0.05, 0.1) is 6.61 Å². The Hall–Kier alpha value is -1.30. The number of ether oxygens (including phenoxy) is 1. The minimum absolute atomic E-state index is 0.283. The Morgan fingerprint density at radius 3 is 2.53 bits per heavy atom. The minimum Gasteiger partial charge on any atom is -0.367 e. The SMILES string of the molecule is CC(C)(N)COCC#Cc1ccccc1. The number of hydrogen-bond acceptors (Lipinski definition) is 2. The molecule has 0 bridgehead atoms. The van der Waals surface area contributed by atoms with Gasteiger partial charge < -0.3 is 10.5 Å². The van der Waals surface area contributed by atoms with E-state index in [1.165, 1.54) is 0 Å². The van der Waals surface area contributed by atoms with Crippen LogP contribution in [0, 0.1) is 11.8 Å². The second-order valence-corrected chi connectivity index (χ2v) is 4.15. The summed E-state index contributed by atoms with van der Waals surface area (Å²) in [6.07, 6.45) is 0. The zero-order valence-corrected chi connectivity index (χ0v) is 9.29. The highest BCUT2D eigenvalue weighted by Crippen LogP contribution is 1.97. The van der Waals surface area contributed by atoms with Crippen molar-refractivity contribution in [1.82, 2.24) is 0 Å². The lowest BCUT2D eigenvalue weighted by atomic mass is 10.1. The fourth-order valence-electron chi connectivity index (χ4n) is 1.02. The van der Waals surface area contributed by atoms with Crippen LogP contribution in [-0.4, -0.2) is 18.8 Å². The summed E-state index contributed by atoms with van der Waals surface area (Å²) in [5, 5.41) is 0. The van der Waals surface area contributed by atoms with Gasteiger partial charge in [0.2, 0.25) is 0 Å². The lowest BCUT2D eigenvalue weighted by molar-refractivity contribution is 0.124. The van der Waals surface area contributed by atoms with Crippen LogP contribution in [0.4, 0.5) is 0 Å². The summed E-state index contributed by atoms with van der Waals surface area (Å²) in [5.41, 5.74) is 6.48. The van der Waals surface area contributed by atoms with Crippen LogP contribution in [-0.2, 0) is 4.74 Å². The van der Waals surface area contributed by atoms with Crippen molar-refractivity contribution in [3.8, 4) is 11.8 Å². The van der Waals surface area contributed by atoms with Crippen molar-refractivity contribution < 1.29 is 4.74 Å². The first-order valence-electron chi connectivity index (χ1n) is 4.98. The first-order chi connectivity index (χ1) is 7.08. The molecule has 1 aromatic rings. The molecular weight excluding hydrogens is 186 g/mol. The van der Waals surface area contributed by atoms with Crippen molar-refractivity contribution in [2.45, 2.75) is 19.4 Å². The fraction of sp³-hybridized carbons (Fsp3) is 0.385. The van der Waals surface area contributed by atoms with E-state index >= 15 is 0 Å². The number of benzene rings is 1. The zero-order valence-electron chi connectivity index (χ0n) is 9.29. The van der Waals surface area contributed by atoms with Crippen LogP contribution < -0.4 is 5.73 Å². The molecule has 0 atom stereocenters. The standard InChI is InChI=1S/C13H17NO/c1-13(2,14)11-15-10-6-9-12-7-4-3-5-8-12/h3-5,7-8H,10-11,14H2,1-2H3. The third kappa shape index (κ3) is 5.90. The molecule has 0 amide bonds. The molecule has 0 aliphatic carbocycles. The van der Waals surface area contributed by atoms with Gasteiger partial charge in [0.1, 0.15) is 6.61 Å². The Balaban J connectivity index is 2.30. The van der Waals surface area contributed by atoms with Gasteiger partial charge in [-0.3, -0.25) is 0 Å². The van der Waals surface area contributed by atoms with Crippen molar-refractivity contribution in [1.29, 1.82) is 0 Å². The van der Waals surface area contributed by atoms with E-state index in [-0.39, 0.29) is 5.54 Å². The molecule has 2 heteroatoms. The molecule has 0 aliphatic heterocycles. The van der Waals surface area contributed by atoms with Crippen molar-refractivity contribution in [3.05, 3.63) is 35.9 Å². The van der Waals surface area contributed by atoms with E-state index in [2.05, 4.69) is 11.8 Å². The van der Waals surface area contributed by atoms with E-state index in [9.17, 15) is 0 Å².